The third-order valence-corrected chi connectivity index (χ3v) is 6.83. The molecule has 1 aromatic heterocycles. The van der Waals surface area contributed by atoms with Gasteiger partial charge in [0.1, 0.15) is 0 Å². The zero-order valence-electron chi connectivity index (χ0n) is 19.1. The van der Waals surface area contributed by atoms with Crippen molar-refractivity contribution in [3.8, 4) is 0 Å². The zero-order chi connectivity index (χ0) is 22.5. The van der Waals surface area contributed by atoms with Crippen molar-refractivity contribution in [2.45, 2.75) is 40.5 Å². The molecular weight excluding hydrogens is 394 g/mol. The molecule has 7 heteroatoms. The lowest BCUT2D eigenvalue weighted by Crippen LogP contribution is -2.50. The number of allylic oxidation sites excluding steroid dienone is 1. The van der Waals surface area contributed by atoms with Crippen LogP contribution >= 0.6 is 0 Å². The van der Waals surface area contributed by atoms with E-state index in [4.69, 9.17) is 4.42 Å². The van der Waals surface area contributed by atoms with E-state index in [0.717, 1.165) is 6.42 Å². The standard InChI is InChI=1S/C24H35N3O4/c1-16(2)21-13-19(14-23(29)27-9-7-26(8-10-27)18(4)28)17(3)12-20(21)15-25-24(30)22-6-5-11-31-22/h5-6,11-12,16,19-21H,7-10,13-15H2,1-4H3,(H,25,30). The summed E-state index contributed by atoms with van der Waals surface area (Å²) in [5.74, 6) is 1.69. The SMILES string of the molecule is CC(=O)N1CCN(C(=O)CC2CC(C(C)C)C(CNC(=O)c3ccco3)C=C2C)CC1. The molecule has 1 aliphatic heterocycles. The van der Waals surface area contributed by atoms with Crippen LogP contribution in [0.3, 0.4) is 0 Å². The lowest BCUT2D eigenvalue weighted by atomic mass is 9.69. The van der Waals surface area contributed by atoms with E-state index in [1.165, 1.54) is 11.8 Å². The number of amides is 3. The summed E-state index contributed by atoms with van der Waals surface area (Å²) >= 11 is 0. The van der Waals surface area contributed by atoms with Crippen molar-refractivity contribution in [1.29, 1.82) is 0 Å². The van der Waals surface area contributed by atoms with Crippen molar-refractivity contribution < 1.29 is 18.8 Å². The van der Waals surface area contributed by atoms with Crippen molar-refractivity contribution in [3.63, 3.8) is 0 Å². The summed E-state index contributed by atoms with van der Waals surface area (Å²) in [6.07, 6.45) is 5.21. The maximum atomic E-state index is 12.9. The lowest BCUT2D eigenvalue weighted by Gasteiger charge is -2.39. The molecule has 1 saturated heterocycles. The van der Waals surface area contributed by atoms with Gasteiger partial charge in [0.2, 0.25) is 11.8 Å². The Kier molecular flexibility index (Phi) is 7.57. The second-order valence-corrected chi connectivity index (χ2v) is 9.19. The van der Waals surface area contributed by atoms with Gasteiger partial charge in [0.05, 0.1) is 6.26 Å². The summed E-state index contributed by atoms with van der Waals surface area (Å²) < 4.78 is 5.18. The Balaban J connectivity index is 1.59. The minimum atomic E-state index is -0.194. The highest BCUT2D eigenvalue weighted by molar-refractivity contribution is 5.91. The summed E-state index contributed by atoms with van der Waals surface area (Å²) in [6.45, 7) is 11.1. The first-order chi connectivity index (χ1) is 14.8. The Labute approximate surface area is 184 Å². The van der Waals surface area contributed by atoms with Gasteiger partial charge in [0.15, 0.2) is 5.76 Å². The van der Waals surface area contributed by atoms with E-state index in [1.807, 2.05) is 4.90 Å². The number of rotatable bonds is 6. The largest absolute Gasteiger partial charge is 0.459 e. The van der Waals surface area contributed by atoms with Crippen LogP contribution in [0, 0.1) is 23.7 Å². The van der Waals surface area contributed by atoms with Gasteiger partial charge >= 0.3 is 0 Å². The smallest absolute Gasteiger partial charge is 0.286 e. The van der Waals surface area contributed by atoms with Gasteiger partial charge in [0, 0.05) is 46.1 Å². The van der Waals surface area contributed by atoms with Crippen LogP contribution in [0.2, 0.25) is 0 Å². The maximum absolute atomic E-state index is 12.9. The fourth-order valence-electron chi connectivity index (χ4n) is 4.82. The van der Waals surface area contributed by atoms with Crippen molar-refractivity contribution in [2.24, 2.45) is 23.7 Å². The predicted octanol–water partition coefficient (Wildman–Crippen LogP) is 2.94. The fourth-order valence-corrected chi connectivity index (χ4v) is 4.82. The average molecular weight is 430 g/mol. The van der Waals surface area contributed by atoms with Gasteiger partial charge in [0.25, 0.3) is 5.91 Å². The highest BCUT2D eigenvalue weighted by Gasteiger charge is 2.34. The monoisotopic (exact) mass is 429 g/mol. The van der Waals surface area contributed by atoms with Crippen LogP contribution in [0.5, 0.6) is 0 Å². The van der Waals surface area contributed by atoms with Crippen LogP contribution in [-0.4, -0.2) is 60.2 Å². The molecule has 3 unspecified atom stereocenters. The summed E-state index contributed by atoms with van der Waals surface area (Å²) in [4.78, 5) is 40.4. The first kappa shape index (κ1) is 23.1. The van der Waals surface area contributed by atoms with Crippen LogP contribution in [-0.2, 0) is 9.59 Å². The van der Waals surface area contributed by atoms with E-state index in [0.29, 0.717) is 56.7 Å². The number of hydrogen-bond acceptors (Lipinski definition) is 4. The zero-order valence-corrected chi connectivity index (χ0v) is 19.1. The summed E-state index contributed by atoms with van der Waals surface area (Å²) in [5, 5.41) is 3.00. The summed E-state index contributed by atoms with van der Waals surface area (Å²) in [5.41, 5.74) is 1.23. The quantitative estimate of drug-likeness (QED) is 0.705. The number of nitrogens with one attached hydrogen (secondary N) is 1. The van der Waals surface area contributed by atoms with Crippen molar-refractivity contribution in [1.82, 2.24) is 15.1 Å². The molecule has 2 heterocycles. The molecule has 1 N–H and O–H groups in total. The molecule has 0 saturated carbocycles. The van der Waals surface area contributed by atoms with Gasteiger partial charge < -0.3 is 19.5 Å². The van der Waals surface area contributed by atoms with Crippen LogP contribution in [0.1, 0.15) is 51.1 Å². The Hall–Kier alpha value is -2.57. The Bertz CT molecular complexity index is 807. The molecule has 3 amide bonds. The van der Waals surface area contributed by atoms with E-state index in [-0.39, 0.29) is 29.6 Å². The van der Waals surface area contributed by atoms with Gasteiger partial charge in [-0.1, -0.05) is 25.5 Å². The second kappa shape index (κ2) is 10.2. The van der Waals surface area contributed by atoms with Gasteiger partial charge in [-0.15, -0.1) is 0 Å². The molecule has 170 valence electrons. The molecule has 7 nitrogen and oxygen atoms in total. The molecule has 3 rings (SSSR count). The van der Waals surface area contributed by atoms with Gasteiger partial charge in [-0.25, -0.2) is 0 Å². The summed E-state index contributed by atoms with van der Waals surface area (Å²) in [6, 6.07) is 3.37. The number of hydrogen-bond donors (Lipinski definition) is 1. The molecule has 0 spiro atoms. The molecule has 31 heavy (non-hydrogen) atoms. The van der Waals surface area contributed by atoms with Crippen molar-refractivity contribution in [3.05, 3.63) is 35.8 Å². The highest BCUT2D eigenvalue weighted by atomic mass is 16.3. The molecule has 1 aromatic rings. The molecule has 0 radical (unpaired) electrons. The second-order valence-electron chi connectivity index (χ2n) is 9.19. The molecule has 1 aliphatic carbocycles. The first-order valence-corrected chi connectivity index (χ1v) is 11.3. The number of carbonyl (C=O) groups excluding carboxylic acids is 3. The Morgan fingerprint density at radius 2 is 1.84 bits per heavy atom. The topological polar surface area (TPSA) is 82.9 Å². The number of nitrogens with zero attached hydrogens (tertiary/aromatic N) is 2. The van der Waals surface area contributed by atoms with Gasteiger partial charge in [-0.2, -0.15) is 0 Å². The lowest BCUT2D eigenvalue weighted by molar-refractivity contribution is -0.139. The molecule has 2 aliphatic rings. The Morgan fingerprint density at radius 1 is 1.16 bits per heavy atom. The number of furan rings is 1. The van der Waals surface area contributed by atoms with Crippen LogP contribution < -0.4 is 5.32 Å². The van der Waals surface area contributed by atoms with Gasteiger partial charge in [-0.05, 0) is 49.1 Å². The minimum absolute atomic E-state index is 0.0723. The number of carbonyl (C=O) groups is 3. The van der Waals surface area contributed by atoms with E-state index in [1.54, 1.807) is 24.0 Å². The maximum Gasteiger partial charge on any atom is 0.286 e. The third kappa shape index (κ3) is 5.77. The Morgan fingerprint density at radius 3 is 2.42 bits per heavy atom. The molecular formula is C24H35N3O4. The fraction of sp³-hybridized carbons (Fsp3) is 0.625. The molecule has 1 fully saturated rings. The first-order valence-electron chi connectivity index (χ1n) is 11.3. The molecule has 0 aromatic carbocycles. The minimum Gasteiger partial charge on any atom is -0.459 e. The van der Waals surface area contributed by atoms with E-state index in [9.17, 15) is 14.4 Å². The summed E-state index contributed by atoms with van der Waals surface area (Å²) in [7, 11) is 0. The van der Waals surface area contributed by atoms with Crippen LogP contribution in [0.15, 0.2) is 34.5 Å². The molecule has 3 atom stereocenters. The average Bonchev–Trinajstić information content (AvgIpc) is 3.28. The van der Waals surface area contributed by atoms with E-state index < -0.39 is 0 Å². The van der Waals surface area contributed by atoms with Crippen molar-refractivity contribution in [2.75, 3.05) is 32.7 Å². The van der Waals surface area contributed by atoms with Crippen LogP contribution in [0.25, 0.3) is 0 Å². The molecule has 0 bridgehead atoms. The number of piperazine rings is 1. The normalized spacial score (nSPS) is 24.2. The van der Waals surface area contributed by atoms with E-state index in [2.05, 4.69) is 32.2 Å². The predicted molar refractivity (Wildman–Crippen MR) is 118 cm³/mol. The van der Waals surface area contributed by atoms with Gasteiger partial charge in [-0.3, -0.25) is 14.4 Å². The highest BCUT2D eigenvalue weighted by Crippen LogP contribution is 2.39. The van der Waals surface area contributed by atoms with Crippen LogP contribution in [0.4, 0.5) is 0 Å². The van der Waals surface area contributed by atoms with Crippen molar-refractivity contribution >= 4 is 17.7 Å². The van der Waals surface area contributed by atoms with E-state index >= 15 is 0 Å². The third-order valence-electron chi connectivity index (χ3n) is 6.83.